The Labute approximate surface area is 238 Å². The second-order valence-corrected chi connectivity index (χ2v) is 9.90. The van der Waals surface area contributed by atoms with Crippen LogP contribution in [0.2, 0.25) is 0 Å². The topological polar surface area (TPSA) is 158 Å². The van der Waals surface area contributed by atoms with Gasteiger partial charge in [-0.2, -0.15) is 10.4 Å². The van der Waals surface area contributed by atoms with Crippen LogP contribution in [-0.2, 0) is 19.0 Å². The summed E-state index contributed by atoms with van der Waals surface area (Å²) in [6.45, 7) is 5.37. The van der Waals surface area contributed by atoms with Gasteiger partial charge in [-0.15, -0.1) is 0 Å². The van der Waals surface area contributed by atoms with Crippen LogP contribution in [0.3, 0.4) is 0 Å². The van der Waals surface area contributed by atoms with Crippen LogP contribution in [0.15, 0.2) is 48.8 Å². The third-order valence-electron chi connectivity index (χ3n) is 7.23. The molecule has 3 N–H and O–H groups in total. The second-order valence-electron chi connectivity index (χ2n) is 9.90. The molecule has 5 rings (SSSR count). The van der Waals surface area contributed by atoms with Gasteiger partial charge in [0.25, 0.3) is 17.6 Å². The molecule has 4 heterocycles. The molecule has 214 valence electrons. The monoisotopic (exact) mass is 559 g/mol. The number of rotatable bonds is 10. The molecule has 2 aliphatic rings. The highest BCUT2D eigenvalue weighted by atomic mass is 16.7. The minimum atomic E-state index is -1.77. The van der Waals surface area contributed by atoms with Gasteiger partial charge in [0.2, 0.25) is 0 Å². The zero-order chi connectivity index (χ0) is 28.8. The molecular weight excluding hydrogens is 526 g/mol. The standard InChI is InChI=1S/C29H33N7O5/c1-2-3-7-25(29(28(31)38)40-14-15-41-29)33-27(37)23-16-20(18-30)19-32-26(23)36-9-8-24(34-36)21-5-4-6-22(17-21)35-10-12-39-13-11-35/h4-6,8-9,16-17,19,25H,2-3,7,10-15H2,1H3,(H2,31,38)(H,33,37). The van der Waals surface area contributed by atoms with E-state index in [2.05, 4.69) is 27.3 Å². The van der Waals surface area contributed by atoms with Gasteiger partial charge < -0.3 is 30.2 Å². The maximum atomic E-state index is 13.7. The number of carbonyl (C=O) groups excluding carboxylic acids is 2. The first-order valence-corrected chi connectivity index (χ1v) is 13.7. The van der Waals surface area contributed by atoms with Gasteiger partial charge in [0, 0.05) is 36.7 Å². The number of pyridine rings is 1. The average Bonchev–Trinajstić information content (AvgIpc) is 3.71. The van der Waals surface area contributed by atoms with Crippen molar-refractivity contribution in [3.63, 3.8) is 0 Å². The van der Waals surface area contributed by atoms with Gasteiger partial charge in [0.15, 0.2) is 5.82 Å². The van der Waals surface area contributed by atoms with E-state index >= 15 is 0 Å². The molecular formula is C29H33N7O5. The van der Waals surface area contributed by atoms with Crippen molar-refractivity contribution in [3.8, 4) is 23.1 Å². The van der Waals surface area contributed by atoms with Crippen LogP contribution >= 0.6 is 0 Å². The van der Waals surface area contributed by atoms with Crippen LogP contribution < -0.4 is 16.0 Å². The molecule has 0 spiro atoms. The van der Waals surface area contributed by atoms with E-state index in [1.165, 1.54) is 16.9 Å². The normalized spacial score (nSPS) is 17.1. The number of hydrogen-bond donors (Lipinski definition) is 2. The second kappa shape index (κ2) is 12.5. The first kappa shape index (κ1) is 28.2. The third kappa shape index (κ3) is 5.92. The smallest absolute Gasteiger partial charge is 0.280 e. The quantitative estimate of drug-likeness (QED) is 0.380. The molecule has 41 heavy (non-hydrogen) atoms. The summed E-state index contributed by atoms with van der Waals surface area (Å²) in [5.41, 5.74) is 8.68. The van der Waals surface area contributed by atoms with Gasteiger partial charge in [-0.25, -0.2) is 9.67 Å². The molecule has 0 bridgehead atoms. The molecule has 2 amide bonds. The molecule has 2 aliphatic heterocycles. The molecule has 3 aromatic rings. The maximum Gasteiger partial charge on any atom is 0.280 e. The molecule has 0 aliphatic carbocycles. The van der Waals surface area contributed by atoms with E-state index in [1.807, 2.05) is 31.2 Å². The van der Waals surface area contributed by atoms with E-state index in [0.29, 0.717) is 31.7 Å². The number of nitrogens with one attached hydrogen (secondary N) is 1. The fourth-order valence-electron chi connectivity index (χ4n) is 5.09. The number of nitrogens with two attached hydrogens (primary N) is 1. The highest BCUT2D eigenvalue weighted by molar-refractivity contribution is 5.98. The molecule has 2 fully saturated rings. The number of anilines is 1. The molecule has 0 saturated carbocycles. The summed E-state index contributed by atoms with van der Waals surface area (Å²) in [4.78, 5) is 32.8. The van der Waals surface area contributed by atoms with E-state index in [0.717, 1.165) is 30.8 Å². The summed E-state index contributed by atoms with van der Waals surface area (Å²) >= 11 is 0. The number of primary amides is 1. The predicted molar refractivity (Wildman–Crippen MR) is 149 cm³/mol. The molecule has 12 nitrogen and oxygen atoms in total. The molecule has 2 saturated heterocycles. The van der Waals surface area contributed by atoms with E-state index in [4.69, 9.17) is 25.0 Å². The number of aromatic nitrogens is 3. The Kier molecular flexibility index (Phi) is 8.58. The zero-order valence-corrected chi connectivity index (χ0v) is 22.9. The number of nitriles is 1. The predicted octanol–water partition coefficient (Wildman–Crippen LogP) is 2.16. The van der Waals surface area contributed by atoms with Crippen LogP contribution in [0.25, 0.3) is 17.1 Å². The number of morpholine rings is 1. The van der Waals surface area contributed by atoms with E-state index < -0.39 is 23.6 Å². The van der Waals surface area contributed by atoms with Gasteiger partial charge in [-0.05, 0) is 30.7 Å². The lowest BCUT2D eigenvalue weighted by Gasteiger charge is -2.33. The highest BCUT2D eigenvalue weighted by Gasteiger charge is 2.50. The molecule has 2 aromatic heterocycles. The minimum absolute atomic E-state index is 0.111. The zero-order valence-electron chi connectivity index (χ0n) is 22.9. The lowest BCUT2D eigenvalue weighted by Crippen LogP contribution is -2.60. The van der Waals surface area contributed by atoms with Crippen molar-refractivity contribution in [2.45, 2.75) is 38.0 Å². The van der Waals surface area contributed by atoms with E-state index in [1.54, 1.807) is 6.20 Å². The van der Waals surface area contributed by atoms with Crippen molar-refractivity contribution in [1.82, 2.24) is 20.1 Å². The fraction of sp³-hybridized carbons (Fsp3) is 0.414. The molecule has 0 radical (unpaired) electrons. The molecule has 1 atom stereocenters. The summed E-state index contributed by atoms with van der Waals surface area (Å²) in [5, 5.41) is 17.1. The number of nitrogens with zero attached hydrogens (tertiary/aromatic N) is 5. The van der Waals surface area contributed by atoms with Crippen molar-refractivity contribution in [2.24, 2.45) is 5.73 Å². The Morgan fingerprint density at radius 1 is 1.17 bits per heavy atom. The van der Waals surface area contributed by atoms with Crippen molar-refractivity contribution < 1.29 is 23.8 Å². The lowest BCUT2D eigenvalue weighted by atomic mass is 9.99. The SMILES string of the molecule is CCCCC(NC(=O)c1cc(C#N)cnc1-n1ccc(-c2cccc(N3CCOCC3)c2)n1)C1(C(N)=O)OCCO1. The number of carbonyl (C=O) groups is 2. The van der Waals surface area contributed by atoms with Crippen molar-refractivity contribution in [3.05, 3.63) is 59.9 Å². The van der Waals surface area contributed by atoms with Crippen LogP contribution in [-0.4, -0.2) is 77.9 Å². The number of ether oxygens (including phenoxy) is 3. The van der Waals surface area contributed by atoms with Gasteiger partial charge in [0.1, 0.15) is 6.07 Å². The van der Waals surface area contributed by atoms with Crippen LogP contribution in [0.5, 0.6) is 0 Å². The van der Waals surface area contributed by atoms with Crippen LogP contribution in [0.1, 0.15) is 42.1 Å². The minimum Gasteiger partial charge on any atom is -0.378 e. The Bertz CT molecular complexity index is 1440. The Balaban J connectivity index is 1.45. The van der Waals surface area contributed by atoms with Crippen LogP contribution in [0.4, 0.5) is 5.69 Å². The van der Waals surface area contributed by atoms with Gasteiger partial charge >= 0.3 is 0 Å². The summed E-state index contributed by atoms with van der Waals surface area (Å²) in [5.74, 6) is -2.91. The van der Waals surface area contributed by atoms with Crippen LogP contribution in [0, 0.1) is 11.3 Å². The molecule has 12 heteroatoms. The van der Waals surface area contributed by atoms with Gasteiger partial charge in [-0.1, -0.05) is 31.9 Å². The fourth-order valence-corrected chi connectivity index (χ4v) is 5.09. The van der Waals surface area contributed by atoms with Crippen molar-refractivity contribution >= 4 is 17.5 Å². The number of benzene rings is 1. The lowest BCUT2D eigenvalue weighted by molar-refractivity contribution is -0.190. The summed E-state index contributed by atoms with van der Waals surface area (Å²) < 4.78 is 18.3. The number of amides is 2. The Hall–Kier alpha value is -4.31. The Morgan fingerprint density at radius 3 is 2.66 bits per heavy atom. The number of unbranched alkanes of at least 4 members (excludes halogenated alkanes) is 1. The summed E-state index contributed by atoms with van der Waals surface area (Å²) in [7, 11) is 0. The maximum absolute atomic E-state index is 13.7. The molecule has 1 unspecified atom stereocenters. The highest BCUT2D eigenvalue weighted by Crippen LogP contribution is 2.28. The molecule has 1 aromatic carbocycles. The van der Waals surface area contributed by atoms with E-state index in [-0.39, 0.29) is 30.2 Å². The van der Waals surface area contributed by atoms with E-state index in [9.17, 15) is 14.9 Å². The third-order valence-corrected chi connectivity index (χ3v) is 7.23. The van der Waals surface area contributed by atoms with Crippen molar-refractivity contribution in [2.75, 3.05) is 44.4 Å². The van der Waals surface area contributed by atoms with Gasteiger partial charge in [0.05, 0.1) is 49.3 Å². The number of hydrogen-bond acceptors (Lipinski definition) is 9. The summed E-state index contributed by atoms with van der Waals surface area (Å²) in [6.07, 6.45) is 5.01. The largest absolute Gasteiger partial charge is 0.378 e. The first-order valence-electron chi connectivity index (χ1n) is 13.7. The first-order chi connectivity index (χ1) is 19.9. The Morgan fingerprint density at radius 2 is 1.95 bits per heavy atom. The van der Waals surface area contributed by atoms with Gasteiger partial charge in [-0.3, -0.25) is 9.59 Å². The average molecular weight is 560 g/mol. The summed E-state index contributed by atoms with van der Waals surface area (Å²) in [6, 6.07) is 12.6. The van der Waals surface area contributed by atoms with Crippen molar-refractivity contribution in [1.29, 1.82) is 5.26 Å².